The van der Waals surface area contributed by atoms with Crippen LogP contribution in [0.2, 0.25) is 5.02 Å². The molecule has 2 heterocycles. The van der Waals surface area contributed by atoms with E-state index in [9.17, 15) is 18.0 Å². The van der Waals surface area contributed by atoms with Gasteiger partial charge in [-0.15, -0.1) is 0 Å². The Kier molecular flexibility index (Phi) is 2.73. The molecule has 0 unspecified atom stereocenters. The molecule has 7 nitrogen and oxygen atoms in total. The molecule has 3 amide bonds. The lowest BCUT2D eigenvalue weighted by Gasteiger charge is -2.11. The molecule has 20 heavy (non-hydrogen) atoms. The molecule has 9 heteroatoms. The van der Waals surface area contributed by atoms with E-state index in [0.717, 1.165) is 0 Å². The first-order chi connectivity index (χ1) is 9.41. The highest BCUT2D eigenvalue weighted by molar-refractivity contribution is 7.89. The van der Waals surface area contributed by atoms with Crippen molar-refractivity contribution in [1.82, 2.24) is 9.62 Å². The minimum Gasteiger partial charge on any atom is -0.442 e. The zero-order valence-corrected chi connectivity index (χ0v) is 11.4. The third-order valence-electron chi connectivity index (χ3n) is 2.79. The second kappa shape index (κ2) is 4.22. The number of para-hydroxylation sites is 1. The Balaban J connectivity index is 2.17. The molecule has 1 N–H and O–H groups in total. The molecule has 1 saturated heterocycles. The van der Waals surface area contributed by atoms with Crippen molar-refractivity contribution in [2.75, 3.05) is 6.54 Å². The predicted octanol–water partition coefficient (Wildman–Crippen LogP) is 1.33. The van der Waals surface area contributed by atoms with E-state index in [-0.39, 0.29) is 10.6 Å². The van der Waals surface area contributed by atoms with Gasteiger partial charge in [0.25, 0.3) is 5.09 Å². The Morgan fingerprint density at radius 3 is 2.55 bits per heavy atom. The highest BCUT2D eigenvalue weighted by Gasteiger charge is 2.40. The third-order valence-corrected chi connectivity index (χ3v) is 4.91. The molecule has 1 aromatic carbocycles. The predicted molar refractivity (Wildman–Crippen MR) is 68.7 cm³/mol. The monoisotopic (exact) mass is 314 g/mol. The van der Waals surface area contributed by atoms with Crippen LogP contribution in [-0.4, -0.2) is 31.2 Å². The van der Waals surface area contributed by atoms with Crippen molar-refractivity contribution in [1.29, 1.82) is 0 Å². The number of fused-ring (bicyclic) bond motifs is 1. The second-order valence-corrected chi connectivity index (χ2v) is 6.20. The summed E-state index contributed by atoms with van der Waals surface area (Å²) in [4.78, 5) is 22.6. The number of hydrogen-bond acceptors (Lipinski definition) is 5. The maximum atomic E-state index is 12.3. The summed E-state index contributed by atoms with van der Waals surface area (Å²) in [5, 5.41) is 1.63. The Morgan fingerprint density at radius 2 is 1.95 bits per heavy atom. The van der Waals surface area contributed by atoms with Crippen molar-refractivity contribution in [3.05, 3.63) is 29.3 Å². The molecule has 2 aromatic rings. The summed E-state index contributed by atoms with van der Waals surface area (Å²) >= 11 is 5.99. The molecule has 1 aromatic heterocycles. The van der Waals surface area contributed by atoms with Gasteiger partial charge in [-0.2, -0.15) is 8.42 Å². The molecular weight excluding hydrogens is 308 g/mol. The van der Waals surface area contributed by atoms with Crippen LogP contribution in [0.3, 0.4) is 0 Å². The Labute approximate surface area is 118 Å². The maximum Gasteiger partial charge on any atom is 0.338 e. The van der Waals surface area contributed by atoms with Gasteiger partial charge in [-0.1, -0.05) is 23.7 Å². The van der Waals surface area contributed by atoms with Crippen molar-refractivity contribution < 1.29 is 22.4 Å². The van der Waals surface area contributed by atoms with E-state index in [1.54, 1.807) is 24.3 Å². The van der Waals surface area contributed by atoms with E-state index in [0.29, 0.717) is 9.69 Å². The third kappa shape index (κ3) is 1.76. The van der Waals surface area contributed by atoms with Crippen LogP contribution in [0.5, 0.6) is 0 Å². The zero-order valence-electron chi connectivity index (χ0n) is 9.79. The molecule has 0 bridgehead atoms. The molecule has 3 rings (SSSR count). The molecule has 0 aliphatic carbocycles. The Hall–Kier alpha value is -2.06. The van der Waals surface area contributed by atoms with Gasteiger partial charge < -0.3 is 4.42 Å². The maximum absolute atomic E-state index is 12.3. The number of amides is 3. The lowest BCUT2D eigenvalue weighted by Crippen LogP contribution is -2.34. The van der Waals surface area contributed by atoms with Crippen LogP contribution >= 0.6 is 11.6 Å². The van der Waals surface area contributed by atoms with Gasteiger partial charge in [-0.25, -0.2) is 9.10 Å². The number of urea groups is 1. The van der Waals surface area contributed by atoms with Crippen molar-refractivity contribution in [2.45, 2.75) is 5.09 Å². The van der Waals surface area contributed by atoms with E-state index < -0.39 is 33.6 Å². The lowest BCUT2D eigenvalue weighted by molar-refractivity contribution is -0.118. The number of sulfonamides is 1. The van der Waals surface area contributed by atoms with Gasteiger partial charge >= 0.3 is 16.1 Å². The van der Waals surface area contributed by atoms with Crippen LogP contribution in [-0.2, 0) is 14.8 Å². The number of rotatable bonds is 2. The smallest absolute Gasteiger partial charge is 0.338 e. The Morgan fingerprint density at radius 1 is 1.25 bits per heavy atom. The SMILES string of the molecule is O=C1CN(S(=O)(=O)c2oc3ccccc3c2Cl)C(=O)N1. The van der Waals surface area contributed by atoms with Gasteiger partial charge in [-0.3, -0.25) is 10.1 Å². The number of halogens is 1. The highest BCUT2D eigenvalue weighted by Crippen LogP contribution is 2.35. The van der Waals surface area contributed by atoms with Crippen LogP contribution in [0.15, 0.2) is 33.8 Å². The van der Waals surface area contributed by atoms with E-state index in [1.165, 1.54) is 0 Å². The van der Waals surface area contributed by atoms with E-state index >= 15 is 0 Å². The van der Waals surface area contributed by atoms with Crippen LogP contribution in [0.4, 0.5) is 4.79 Å². The summed E-state index contributed by atoms with van der Waals surface area (Å²) in [6.07, 6.45) is 0. The number of hydrogen-bond donors (Lipinski definition) is 1. The number of carbonyl (C=O) groups is 2. The fraction of sp³-hybridized carbons (Fsp3) is 0.0909. The molecule has 1 aliphatic rings. The van der Waals surface area contributed by atoms with Gasteiger partial charge in [0.15, 0.2) is 0 Å². The summed E-state index contributed by atoms with van der Waals surface area (Å²) in [6.45, 7) is -0.589. The van der Waals surface area contributed by atoms with Gasteiger partial charge in [0.05, 0.1) is 0 Å². The molecule has 0 saturated carbocycles. The molecule has 0 radical (unpaired) electrons. The van der Waals surface area contributed by atoms with E-state index in [2.05, 4.69) is 0 Å². The number of furan rings is 1. The number of benzene rings is 1. The second-order valence-electron chi connectivity index (χ2n) is 4.06. The van der Waals surface area contributed by atoms with Gasteiger partial charge in [0.2, 0.25) is 5.91 Å². The van der Waals surface area contributed by atoms with Gasteiger partial charge in [-0.05, 0) is 12.1 Å². The van der Waals surface area contributed by atoms with Crippen LogP contribution < -0.4 is 5.32 Å². The van der Waals surface area contributed by atoms with Crippen LogP contribution in [0.1, 0.15) is 0 Å². The normalized spacial score (nSPS) is 15.9. The number of imide groups is 1. The first-order valence-corrected chi connectivity index (χ1v) is 7.26. The topological polar surface area (TPSA) is 96.7 Å². The Bertz CT molecular complexity index is 842. The largest absolute Gasteiger partial charge is 0.442 e. The number of carbonyl (C=O) groups excluding carboxylic acids is 2. The summed E-state index contributed by atoms with van der Waals surface area (Å²) < 4.78 is 30.2. The number of nitrogens with zero attached hydrogens (tertiary/aromatic N) is 1. The summed E-state index contributed by atoms with van der Waals surface area (Å²) in [5.74, 6) is -0.703. The van der Waals surface area contributed by atoms with Gasteiger partial charge in [0, 0.05) is 5.39 Å². The van der Waals surface area contributed by atoms with Crippen molar-refractivity contribution in [2.24, 2.45) is 0 Å². The molecule has 1 aliphatic heterocycles. The van der Waals surface area contributed by atoms with Crippen molar-refractivity contribution in [3.8, 4) is 0 Å². The van der Waals surface area contributed by atoms with E-state index in [1.807, 2.05) is 5.32 Å². The molecule has 1 fully saturated rings. The highest BCUT2D eigenvalue weighted by atomic mass is 35.5. The molecule has 0 spiro atoms. The number of nitrogens with one attached hydrogen (secondary N) is 1. The fourth-order valence-corrected chi connectivity index (χ4v) is 3.65. The zero-order chi connectivity index (χ0) is 14.5. The van der Waals surface area contributed by atoms with Gasteiger partial charge in [0.1, 0.15) is 17.2 Å². The van der Waals surface area contributed by atoms with Crippen LogP contribution in [0, 0.1) is 0 Å². The molecular formula is C11H7ClN2O5S. The minimum absolute atomic E-state index is 0.118. The molecule has 104 valence electrons. The lowest BCUT2D eigenvalue weighted by atomic mass is 10.3. The minimum atomic E-state index is -4.31. The van der Waals surface area contributed by atoms with E-state index in [4.69, 9.17) is 16.0 Å². The fourth-order valence-electron chi connectivity index (χ4n) is 1.88. The van der Waals surface area contributed by atoms with Crippen LogP contribution in [0.25, 0.3) is 11.0 Å². The average molecular weight is 315 g/mol. The summed E-state index contributed by atoms with van der Waals surface area (Å²) in [7, 11) is -4.31. The van der Waals surface area contributed by atoms with Crippen molar-refractivity contribution >= 4 is 44.5 Å². The quantitative estimate of drug-likeness (QED) is 0.843. The summed E-state index contributed by atoms with van der Waals surface area (Å²) in [6, 6.07) is 5.45. The van der Waals surface area contributed by atoms with Crippen molar-refractivity contribution in [3.63, 3.8) is 0 Å². The summed E-state index contributed by atoms with van der Waals surface area (Å²) in [5.41, 5.74) is 0.280. The first-order valence-electron chi connectivity index (χ1n) is 5.45. The molecule has 0 atom stereocenters. The average Bonchev–Trinajstić information content (AvgIpc) is 2.91. The first kappa shape index (κ1) is 12.9. The standard InChI is InChI=1S/C11H7ClN2O5S/c12-9-6-3-1-2-4-7(6)19-10(9)20(17,18)14-5-8(15)13-11(14)16/h1-4H,5H2,(H,13,15,16).